The number of nitro groups is 1. The van der Waals surface area contributed by atoms with Crippen LogP contribution < -0.4 is 16.4 Å². The molecule has 0 bridgehead atoms. The van der Waals surface area contributed by atoms with Crippen molar-refractivity contribution < 1.29 is 4.92 Å². The number of non-ortho nitro benzene ring substituents is 1. The van der Waals surface area contributed by atoms with E-state index in [1.54, 1.807) is 12.1 Å². The van der Waals surface area contributed by atoms with Crippen molar-refractivity contribution in [3.63, 3.8) is 0 Å². The quantitative estimate of drug-likeness (QED) is 0.246. The van der Waals surface area contributed by atoms with Crippen LogP contribution >= 0.6 is 0 Å². The first kappa shape index (κ1) is 16.1. The van der Waals surface area contributed by atoms with E-state index in [9.17, 15) is 10.1 Å². The highest BCUT2D eigenvalue weighted by Gasteiger charge is 2.13. The number of aliphatic imine (C=N–C) groups is 1. The molecule has 1 aliphatic rings. The second-order valence-corrected chi connectivity index (χ2v) is 5.48. The zero-order valence-corrected chi connectivity index (χ0v) is 12.6. The summed E-state index contributed by atoms with van der Waals surface area (Å²) in [5, 5.41) is 17.0. The number of guanidine groups is 1. The summed E-state index contributed by atoms with van der Waals surface area (Å²) in [5.41, 5.74) is 6.79. The van der Waals surface area contributed by atoms with E-state index in [1.807, 2.05) is 0 Å². The molecule has 0 unspecified atom stereocenters. The maximum absolute atomic E-state index is 10.6. The normalized spacial score (nSPS) is 16.3. The lowest BCUT2D eigenvalue weighted by Crippen LogP contribution is -2.41. The number of nitro benzene ring substituents is 1. The number of hydrogen-bond donors (Lipinski definition) is 3. The highest BCUT2D eigenvalue weighted by Crippen LogP contribution is 2.17. The van der Waals surface area contributed by atoms with Gasteiger partial charge in [0.05, 0.1) is 11.5 Å². The van der Waals surface area contributed by atoms with E-state index in [4.69, 9.17) is 5.73 Å². The van der Waals surface area contributed by atoms with Gasteiger partial charge in [-0.05, 0) is 25.0 Å². The number of benzene rings is 1. The number of anilines is 1. The molecule has 0 aliphatic heterocycles. The first-order valence-corrected chi connectivity index (χ1v) is 7.70. The lowest BCUT2D eigenvalue weighted by Gasteiger charge is -2.23. The average molecular weight is 305 g/mol. The summed E-state index contributed by atoms with van der Waals surface area (Å²) in [6.07, 6.45) is 6.15. The van der Waals surface area contributed by atoms with Crippen molar-refractivity contribution in [3.8, 4) is 0 Å². The van der Waals surface area contributed by atoms with Crippen LogP contribution in [-0.2, 0) is 0 Å². The van der Waals surface area contributed by atoms with Crippen LogP contribution in [0.4, 0.5) is 11.4 Å². The third-order valence-corrected chi connectivity index (χ3v) is 3.76. The van der Waals surface area contributed by atoms with Gasteiger partial charge < -0.3 is 16.4 Å². The minimum atomic E-state index is -0.411. The summed E-state index contributed by atoms with van der Waals surface area (Å²) >= 11 is 0. The van der Waals surface area contributed by atoms with Crippen LogP contribution in [0.2, 0.25) is 0 Å². The fraction of sp³-hybridized carbons (Fsp3) is 0.533. The minimum absolute atomic E-state index is 0.0875. The molecule has 1 aliphatic carbocycles. The smallest absolute Gasteiger partial charge is 0.269 e. The van der Waals surface area contributed by atoms with Gasteiger partial charge in [-0.3, -0.25) is 15.1 Å². The summed E-state index contributed by atoms with van der Waals surface area (Å²) in [5.74, 6) is 0.498. The maximum Gasteiger partial charge on any atom is 0.269 e. The van der Waals surface area contributed by atoms with E-state index in [1.165, 1.54) is 31.4 Å². The van der Waals surface area contributed by atoms with Crippen molar-refractivity contribution in [3.05, 3.63) is 34.4 Å². The molecular formula is C15H23N5O2. The molecule has 0 aromatic heterocycles. The van der Waals surface area contributed by atoms with Gasteiger partial charge in [-0.25, -0.2) is 0 Å². The second kappa shape index (κ2) is 8.21. The number of hydrogen-bond acceptors (Lipinski definition) is 4. The van der Waals surface area contributed by atoms with E-state index in [0.29, 0.717) is 25.1 Å². The van der Waals surface area contributed by atoms with Crippen molar-refractivity contribution in [2.24, 2.45) is 10.7 Å². The first-order chi connectivity index (χ1) is 10.6. The molecule has 0 atom stereocenters. The van der Waals surface area contributed by atoms with E-state index in [-0.39, 0.29) is 5.69 Å². The van der Waals surface area contributed by atoms with Crippen LogP contribution in [0.25, 0.3) is 0 Å². The molecule has 7 nitrogen and oxygen atoms in total. The molecule has 2 rings (SSSR count). The van der Waals surface area contributed by atoms with Crippen LogP contribution in [-0.4, -0.2) is 30.0 Å². The van der Waals surface area contributed by atoms with Gasteiger partial charge >= 0.3 is 0 Å². The molecule has 4 N–H and O–H groups in total. The first-order valence-electron chi connectivity index (χ1n) is 7.70. The summed E-state index contributed by atoms with van der Waals surface area (Å²) in [6.45, 7) is 1.19. The van der Waals surface area contributed by atoms with Gasteiger partial charge in [0.25, 0.3) is 5.69 Å². The molecule has 0 heterocycles. The fourth-order valence-electron chi connectivity index (χ4n) is 2.58. The molecule has 1 fully saturated rings. The molecule has 0 saturated heterocycles. The van der Waals surface area contributed by atoms with Gasteiger partial charge in [0, 0.05) is 30.4 Å². The van der Waals surface area contributed by atoms with Gasteiger partial charge in [0.15, 0.2) is 5.96 Å². The summed E-state index contributed by atoms with van der Waals surface area (Å²) in [7, 11) is 0. The van der Waals surface area contributed by atoms with E-state index >= 15 is 0 Å². The van der Waals surface area contributed by atoms with Gasteiger partial charge in [0.2, 0.25) is 0 Å². The topological polar surface area (TPSA) is 106 Å². The van der Waals surface area contributed by atoms with E-state index in [0.717, 1.165) is 18.5 Å². The lowest BCUT2D eigenvalue weighted by atomic mass is 9.96. The van der Waals surface area contributed by atoms with Gasteiger partial charge in [-0.15, -0.1) is 0 Å². The molecule has 120 valence electrons. The van der Waals surface area contributed by atoms with Crippen LogP contribution in [0.5, 0.6) is 0 Å². The largest absolute Gasteiger partial charge is 0.383 e. The monoisotopic (exact) mass is 305 g/mol. The van der Waals surface area contributed by atoms with Crippen LogP contribution in [0, 0.1) is 10.1 Å². The molecule has 0 amide bonds. The predicted molar refractivity (Wildman–Crippen MR) is 88.1 cm³/mol. The average Bonchev–Trinajstić information content (AvgIpc) is 2.53. The molecule has 0 spiro atoms. The predicted octanol–water partition coefficient (Wildman–Crippen LogP) is 2.24. The third kappa shape index (κ3) is 5.23. The van der Waals surface area contributed by atoms with E-state index in [2.05, 4.69) is 15.6 Å². The van der Waals surface area contributed by atoms with E-state index < -0.39 is 4.92 Å². The SMILES string of the molecule is NC(=NCCNc1ccc([N+](=O)[O-])cc1)NC1CCCCC1. The molecule has 1 aromatic carbocycles. The van der Waals surface area contributed by atoms with Crippen LogP contribution in [0.15, 0.2) is 29.3 Å². The van der Waals surface area contributed by atoms with Crippen molar-refractivity contribution >= 4 is 17.3 Å². The molecular weight excluding hydrogens is 282 g/mol. The number of nitrogens with zero attached hydrogens (tertiary/aromatic N) is 2. The van der Waals surface area contributed by atoms with Gasteiger partial charge in [0.1, 0.15) is 0 Å². The lowest BCUT2D eigenvalue weighted by molar-refractivity contribution is -0.384. The highest BCUT2D eigenvalue weighted by molar-refractivity contribution is 5.78. The van der Waals surface area contributed by atoms with Gasteiger partial charge in [-0.2, -0.15) is 0 Å². The Bertz CT molecular complexity index is 509. The fourth-order valence-corrected chi connectivity index (χ4v) is 2.58. The molecule has 0 radical (unpaired) electrons. The Morgan fingerprint density at radius 1 is 1.27 bits per heavy atom. The maximum atomic E-state index is 10.6. The Morgan fingerprint density at radius 3 is 2.59 bits per heavy atom. The van der Waals surface area contributed by atoms with Crippen molar-refractivity contribution in [2.45, 2.75) is 38.1 Å². The van der Waals surface area contributed by atoms with Crippen molar-refractivity contribution in [1.82, 2.24) is 5.32 Å². The summed E-state index contributed by atoms with van der Waals surface area (Å²) < 4.78 is 0. The minimum Gasteiger partial charge on any atom is -0.383 e. The zero-order valence-electron chi connectivity index (χ0n) is 12.6. The second-order valence-electron chi connectivity index (χ2n) is 5.48. The third-order valence-electron chi connectivity index (χ3n) is 3.76. The molecule has 1 saturated carbocycles. The number of rotatable bonds is 6. The standard InChI is InChI=1S/C15H23N5O2/c16-15(19-13-4-2-1-3-5-13)18-11-10-17-12-6-8-14(9-7-12)20(21)22/h6-9,13,17H,1-5,10-11H2,(H3,16,18,19). The zero-order chi connectivity index (χ0) is 15.8. The molecule has 22 heavy (non-hydrogen) atoms. The Morgan fingerprint density at radius 2 is 1.95 bits per heavy atom. The van der Waals surface area contributed by atoms with Crippen molar-refractivity contribution in [2.75, 3.05) is 18.4 Å². The molecule has 1 aromatic rings. The van der Waals surface area contributed by atoms with Crippen LogP contribution in [0.3, 0.4) is 0 Å². The van der Waals surface area contributed by atoms with Gasteiger partial charge in [-0.1, -0.05) is 19.3 Å². The summed E-state index contributed by atoms with van der Waals surface area (Å²) in [6, 6.07) is 6.78. The van der Waals surface area contributed by atoms with Crippen molar-refractivity contribution in [1.29, 1.82) is 0 Å². The Hall–Kier alpha value is -2.31. The number of nitrogens with one attached hydrogen (secondary N) is 2. The molecule has 7 heteroatoms. The highest BCUT2D eigenvalue weighted by atomic mass is 16.6. The Balaban J connectivity index is 1.69. The number of nitrogens with two attached hydrogens (primary N) is 1. The Kier molecular flexibility index (Phi) is 6.00. The summed E-state index contributed by atoms with van der Waals surface area (Å²) in [4.78, 5) is 14.4. The van der Waals surface area contributed by atoms with Crippen LogP contribution in [0.1, 0.15) is 32.1 Å². The Labute approximate surface area is 130 Å².